The molecule has 0 unspecified atom stereocenters. The number of hydrogen-bond acceptors (Lipinski definition) is 3. The van der Waals surface area contributed by atoms with Gasteiger partial charge in [-0.15, -0.1) is 0 Å². The Kier molecular flexibility index (Phi) is 5.44. The molecule has 1 saturated heterocycles. The van der Waals surface area contributed by atoms with E-state index in [1.54, 1.807) is 0 Å². The summed E-state index contributed by atoms with van der Waals surface area (Å²) < 4.78 is 5.48. The van der Waals surface area contributed by atoms with Crippen molar-refractivity contribution < 1.29 is 9.53 Å². The second-order valence-electron chi connectivity index (χ2n) is 5.82. The van der Waals surface area contributed by atoms with E-state index in [2.05, 4.69) is 32.6 Å². The number of carbonyl (C=O) groups excluding carboxylic acids is 1. The molecule has 1 atom stereocenters. The van der Waals surface area contributed by atoms with Crippen LogP contribution in [0.1, 0.15) is 53.4 Å². The molecule has 1 aliphatic heterocycles. The molecule has 0 aromatic heterocycles. The minimum Gasteiger partial charge on any atom is -0.464 e. The smallest absolute Gasteiger partial charge is 0.323 e. The summed E-state index contributed by atoms with van der Waals surface area (Å²) in [6, 6.07) is 0.0163. The van der Waals surface area contributed by atoms with Crippen LogP contribution in [0.5, 0.6) is 0 Å². The molecule has 1 aliphatic rings. The van der Waals surface area contributed by atoms with Gasteiger partial charge in [-0.25, -0.2) is 0 Å². The van der Waals surface area contributed by atoms with Gasteiger partial charge in [-0.1, -0.05) is 27.7 Å². The normalized spacial score (nSPS) is 21.8. The van der Waals surface area contributed by atoms with Crippen molar-refractivity contribution in [1.29, 1.82) is 0 Å². The van der Waals surface area contributed by atoms with Gasteiger partial charge in [-0.2, -0.15) is 0 Å². The van der Waals surface area contributed by atoms with E-state index in [1.807, 2.05) is 0 Å². The Morgan fingerprint density at radius 2 is 2.12 bits per heavy atom. The van der Waals surface area contributed by atoms with Crippen molar-refractivity contribution in [3.63, 3.8) is 0 Å². The summed E-state index contributed by atoms with van der Waals surface area (Å²) in [6.45, 7) is 11.2. The molecule has 0 bridgehead atoms. The molecule has 1 fully saturated rings. The van der Waals surface area contributed by atoms with Crippen LogP contribution in [-0.4, -0.2) is 36.6 Å². The number of esters is 1. The van der Waals surface area contributed by atoms with Crippen molar-refractivity contribution in [2.24, 2.45) is 5.41 Å². The second-order valence-corrected chi connectivity index (χ2v) is 5.82. The van der Waals surface area contributed by atoms with E-state index in [-0.39, 0.29) is 17.4 Å². The van der Waals surface area contributed by atoms with Crippen molar-refractivity contribution in [3.8, 4) is 0 Å². The van der Waals surface area contributed by atoms with Gasteiger partial charge >= 0.3 is 5.97 Å². The maximum Gasteiger partial charge on any atom is 0.323 e. The monoisotopic (exact) mass is 241 g/mol. The molecule has 0 aromatic rings. The van der Waals surface area contributed by atoms with Crippen molar-refractivity contribution in [2.45, 2.75) is 59.4 Å². The lowest BCUT2D eigenvalue weighted by Gasteiger charge is -2.26. The Bertz CT molecular complexity index is 251. The van der Waals surface area contributed by atoms with Crippen LogP contribution in [0.3, 0.4) is 0 Å². The molecule has 0 N–H and O–H groups in total. The Morgan fingerprint density at radius 3 is 2.71 bits per heavy atom. The molecule has 0 spiro atoms. The van der Waals surface area contributed by atoms with Crippen LogP contribution in [0.15, 0.2) is 0 Å². The summed E-state index contributed by atoms with van der Waals surface area (Å²) in [5.41, 5.74) is 0.101. The van der Waals surface area contributed by atoms with Crippen LogP contribution in [0.25, 0.3) is 0 Å². The average Bonchev–Trinajstić information content (AvgIpc) is 2.75. The van der Waals surface area contributed by atoms with Gasteiger partial charge in [0.25, 0.3) is 0 Å². The zero-order valence-corrected chi connectivity index (χ0v) is 11.8. The van der Waals surface area contributed by atoms with E-state index >= 15 is 0 Å². The predicted octanol–water partition coefficient (Wildman–Crippen LogP) is 2.84. The van der Waals surface area contributed by atoms with Crippen LogP contribution in [0, 0.1) is 5.41 Å². The molecule has 17 heavy (non-hydrogen) atoms. The van der Waals surface area contributed by atoms with E-state index in [0.29, 0.717) is 6.61 Å². The highest BCUT2D eigenvalue weighted by molar-refractivity contribution is 5.76. The van der Waals surface area contributed by atoms with E-state index in [0.717, 1.165) is 38.8 Å². The van der Waals surface area contributed by atoms with Gasteiger partial charge in [-0.05, 0) is 44.2 Å². The Labute approximate surface area is 106 Å². The zero-order chi connectivity index (χ0) is 12.9. The number of rotatable bonds is 6. The molecular weight excluding hydrogens is 214 g/mol. The predicted molar refractivity (Wildman–Crippen MR) is 69.9 cm³/mol. The van der Waals surface area contributed by atoms with Crippen LogP contribution in [-0.2, 0) is 9.53 Å². The third-order valence-electron chi connectivity index (χ3n) is 3.71. The molecule has 1 rings (SSSR count). The minimum atomic E-state index is -0.0162. The number of nitrogens with zero attached hydrogens (tertiary/aromatic N) is 1. The molecule has 1 heterocycles. The standard InChI is InChI=1S/C14H27NO2/c1-5-9-15-10-7-8-12(15)13(16)17-11-14(3,4)6-2/h12H,5-11H2,1-4H3/t12-/m0/s1. The molecule has 3 heteroatoms. The van der Waals surface area contributed by atoms with Crippen molar-refractivity contribution >= 4 is 5.97 Å². The Hall–Kier alpha value is -0.570. The first-order valence-electron chi connectivity index (χ1n) is 6.91. The molecule has 0 aliphatic carbocycles. The summed E-state index contributed by atoms with van der Waals surface area (Å²) >= 11 is 0. The van der Waals surface area contributed by atoms with Crippen molar-refractivity contribution in [1.82, 2.24) is 4.90 Å². The lowest BCUT2D eigenvalue weighted by Crippen LogP contribution is -2.38. The highest BCUT2D eigenvalue weighted by atomic mass is 16.5. The van der Waals surface area contributed by atoms with Crippen molar-refractivity contribution in [2.75, 3.05) is 19.7 Å². The molecule has 0 saturated carbocycles. The fourth-order valence-corrected chi connectivity index (χ4v) is 2.11. The van der Waals surface area contributed by atoms with Gasteiger partial charge in [0.2, 0.25) is 0 Å². The lowest BCUT2D eigenvalue weighted by atomic mass is 9.92. The molecule has 0 amide bonds. The van der Waals surface area contributed by atoms with Gasteiger partial charge in [0.05, 0.1) is 6.61 Å². The summed E-state index contributed by atoms with van der Waals surface area (Å²) in [4.78, 5) is 14.3. The van der Waals surface area contributed by atoms with Crippen LogP contribution >= 0.6 is 0 Å². The summed E-state index contributed by atoms with van der Waals surface area (Å²) in [5.74, 6) is -0.0162. The Balaban J connectivity index is 2.41. The van der Waals surface area contributed by atoms with E-state index < -0.39 is 0 Å². The third-order valence-corrected chi connectivity index (χ3v) is 3.71. The first kappa shape index (κ1) is 14.5. The van der Waals surface area contributed by atoms with Gasteiger partial charge in [0, 0.05) is 0 Å². The lowest BCUT2D eigenvalue weighted by molar-refractivity contribution is -0.152. The van der Waals surface area contributed by atoms with Gasteiger partial charge in [0.15, 0.2) is 0 Å². The molecule has 100 valence electrons. The average molecular weight is 241 g/mol. The number of ether oxygens (including phenoxy) is 1. The largest absolute Gasteiger partial charge is 0.464 e. The van der Waals surface area contributed by atoms with E-state index in [9.17, 15) is 4.79 Å². The van der Waals surface area contributed by atoms with Crippen LogP contribution < -0.4 is 0 Å². The topological polar surface area (TPSA) is 29.5 Å². The highest BCUT2D eigenvalue weighted by Gasteiger charge is 2.32. The van der Waals surface area contributed by atoms with Gasteiger partial charge in [0.1, 0.15) is 6.04 Å². The number of carbonyl (C=O) groups is 1. The maximum atomic E-state index is 12.0. The van der Waals surface area contributed by atoms with Crippen LogP contribution in [0.2, 0.25) is 0 Å². The molecule has 3 nitrogen and oxygen atoms in total. The van der Waals surface area contributed by atoms with E-state index in [1.165, 1.54) is 0 Å². The summed E-state index contributed by atoms with van der Waals surface area (Å²) in [5, 5.41) is 0. The first-order valence-corrected chi connectivity index (χ1v) is 6.91. The molecular formula is C14H27NO2. The summed E-state index contributed by atoms with van der Waals surface area (Å²) in [6.07, 6.45) is 4.22. The fourth-order valence-electron chi connectivity index (χ4n) is 2.11. The molecule has 0 aromatic carbocycles. The number of likely N-dealkylation sites (tertiary alicyclic amines) is 1. The van der Waals surface area contributed by atoms with Crippen molar-refractivity contribution in [3.05, 3.63) is 0 Å². The maximum absolute atomic E-state index is 12.0. The SMILES string of the molecule is CCCN1CCC[C@H]1C(=O)OCC(C)(C)CC. The third kappa shape index (κ3) is 4.30. The summed E-state index contributed by atoms with van der Waals surface area (Å²) in [7, 11) is 0. The Morgan fingerprint density at radius 1 is 1.41 bits per heavy atom. The quantitative estimate of drug-likeness (QED) is 0.670. The van der Waals surface area contributed by atoms with E-state index in [4.69, 9.17) is 4.74 Å². The zero-order valence-electron chi connectivity index (χ0n) is 11.8. The second kappa shape index (κ2) is 6.39. The van der Waals surface area contributed by atoms with Gasteiger partial charge in [-0.3, -0.25) is 9.69 Å². The highest BCUT2D eigenvalue weighted by Crippen LogP contribution is 2.22. The van der Waals surface area contributed by atoms with Crippen LogP contribution in [0.4, 0.5) is 0 Å². The fraction of sp³-hybridized carbons (Fsp3) is 0.929. The minimum absolute atomic E-state index is 0.0162. The number of hydrogen-bond donors (Lipinski definition) is 0. The first-order chi connectivity index (χ1) is 8.00. The van der Waals surface area contributed by atoms with Gasteiger partial charge < -0.3 is 4.74 Å². The molecule has 0 radical (unpaired) electrons.